The second-order valence-electron chi connectivity index (χ2n) is 2.11. The fraction of sp³-hybridized carbons (Fsp3) is 0.375. The largest absolute Gasteiger partial charge is 0.491 e. The molecule has 0 N–H and O–H groups in total. The molecule has 0 aliphatic heterocycles. The lowest BCUT2D eigenvalue weighted by atomic mass is 10.4. The van der Waals surface area contributed by atoms with Gasteiger partial charge in [0, 0.05) is 0 Å². The van der Waals surface area contributed by atoms with Gasteiger partial charge in [-0.2, -0.15) is 0 Å². The molecule has 13 heavy (non-hydrogen) atoms. The zero-order valence-electron chi connectivity index (χ0n) is 7.55. The van der Waals surface area contributed by atoms with Crippen LogP contribution in [-0.4, -0.2) is 26.3 Å². The van der Waals surface area contributed by atoms with E-state index < -0.39 is 0 Å². The molecule has 0 atom stereocenters. The second-order valence-corrected chi connectivity index (χ2v) is 2.49. The normalized spacial score (nSPS) is 9.54. The SMILES string of the molecule is COc1n[c]c(Cl)c(OC)c1OC. The Labute approximate surface area is 81.4 Å². The van der Waals surface area contributed by atoms with Crippen LogP contribution in [0.25, 0.3) is 0 Å². The van der Waals surface area contributed by atoms with Crippen LogP contribution in [0.15, 0.2) is 0 Å². The summed E-state index contributed by atoms with van der Waals surface area (Å²) < 4.78 is 15.0. The molecule has 0 saturated carbocycles. The molecule has 0 amide bonds. The van der Waals surface area contributed by atoms with Gasteiger partial charge in [-0.15, -0.1) is 0 Å². The number of pyridine rings is 1. The van der Waals surface area contributed by atoms with Crippen molar-refractivity contribution in [3.8, 4) is 17.4 Å². The van der Waals surface area contributed by atoms with Gasteiger partial charge in [-0.1, -0.05) is 11.6 Å². The molecule has 0 aliphatic rings. The highest BCUT2D eigenvalue weighted by molar-refractivity contribution is 6.32. The summed E-state index contributed by atoms with van der Waals surface area (Å²) in [6, 6.07) is 0. The highest BCUT2D eigenvalue weighted by Gasteiger charge is 2.15. The number of ether oxygens (including phenoxy) is 3. The Morgan fingerprint density at radius 2 is 1.69 bits per heavy atom. The maximum Gasteiger partial charge on any atom is 0.261 e. The molecule has 0 bridgehead atoms. The smallest absolute Gasteiger partial charge is 0.261 e. The predicted octanol–water partition coefficient (Wildman–Crippen LogP) is 1.56. The molecular formula is C8H9ClNO3. The summed E-state index contributed by atoms with van der Waals surface area (Å²) in [4.78, 5) is 3.79. The van der Waals surface area contributed by atoms with E-state index in [4.69, 9.17) is 25.8 Å². The maximum atomic E-state index is 5.76. The van der Waals surface area contributed by atoms with Gasteiger partial charge in [0.2, 0.25) is 5.75 Å². The Hall–Kier alpha value is -1.16. The standard InChI is InChI=1S/C8H9ClNO3/c1-11-6-5(9)4-10-8(13-3)7(6)12-2/h1-3H3. The fourth-order valence-corrected chi connectivity index (χ4v) is 1.10. The van der Waals surface area contributed by atoms with Crippen LogP contribution < -0.4 is 14.2 Å². The van der Waals surface area contributed by atoms with Crippen molar-refractivity contribution in [2.45, 2.75) is 0 Å². The molecule has 0 fully saturated rings. The van der Waals surface area contributed by atoms with Crippen LogP contribution in [0.5, 0.6) is 17.4 Å². The van der Waals surface area contributed by atoms with E-state index in [1.54, 1.807) is 0 Å². The van der Waals surface area contributed by atoms with E-state index in [0.29, 0.717) is 17.4 Å². The molecule has 1 aromatic heterocycles. The Kier molecular flexibility index (Phi) is 3.19. The first-order chi connectivity index (χ1) is 6.24. The molecule has 71 valence electrons. The van der Waals surface area contributed by atoms with E-state index in [9.17, 15) is 0 Å². The van der Waals surface area contributed by atoms with Gasteiger partial charge >= 0.3 is 0 Å². The van der Waals surface area contributed by atoms with Crippen molar-refractivity contribution in [3.63, 3.8) is 0 Å². The third kappa shape index (κ3) is 1.78. The Morgan fingerprint density at radius 1 is 1.08 bits per heavy atom. The number of halogens is 1. The van der Waals surface area contributed by atoms with Crippen LogP contribution in [-0.2, 0) is 0 Å². The van der Waals surface area contributed by atoms with Gasteiger partial charge < -0.3 is 14.2 Å². The predicted molar refractivity (Wildman–Crippen MR) is 47.7 cm³/mol. The highest BCUT2D eigenvalue weighted by Crippen LogP contribution is 2.39. The van der Waals surface area contributed by atoms with Gasteiger partial charge in [0.1, 0.15) is 11.2 Å². The Bertz CT molecular complexity index is 304. The van der Waals surface area contributed by atoms with E-state index in [0.717, 1.165) is 0 Å². The van der Waals surface area contributed by atoms with Crippen LogP contribution in [0.2, 0.25) is 5.02 Å². The molecule has 0 unspecified atom stereocenters. The molecule has 0 saturated heterocycles. The lowest BCUT2D eigenvalue weighted by Gasteiger charge is -2.10. The van der Waals surface area contributed by atoms with Crippen LogP contribution >= 0.6 is 11.6 Å². The number of aromatic nitrogens is 1. The summed E-state index contributed by atoms with van der Waals surface area (Å²) >= 11 is 5.76. The molecule has 1 radical (unpaired) electrons. The third-order valence-corrected chi connectivity index (χ3v) is 1.71. The van der Waals surface area contributed by atoms with Crippen LogP contribution in [0.4, 0.5) is 0 Å². The molecule has 0 spiro atoms. The first-order valence-electron chi connectivity index (χ1n) is 3.47. The molecular weight excluding hydrogens is 194 g/mol. The fourth-order valence-electron chi connectivity index (χ4n) is 0.899. The Balaban J connectivity index is 3.27. The summed E-state index contributed by atoms with van der Waals surface area (Å²) in [5.41, 5.74) is 0. The average molecular weight is 203 g/mol. The monoisotopic (exact) mass is 202 g/mol. The number of rotatable bonds is 3. The van der Waals surface area contributed by atoms with Gasteiger partial charge in [0.25, 0.3) is 5.88 Å². The van der Waals surface area contributed by atoms with Crippen LogP contribution in [0.3, 0.4) is 0 Å². The first-order valence-corrected chi connectivity index (χ1v) is 3.85. The first kappa shape index (κ1) is 9.92. The minimum atomic E-state index is 0.264. The van der Waals surface area contributed by atoms with Gasteiger partial charge in [0.15, 0.2) is 5.75 Å². The third-order valence-electron chi connectivity index (χ3n) is 1.46. The van der Waals surface area contributed by atoms with Gasteiger partial charge in [-0.05, 0) is 0 Å². The van der Waals surface area contributed by atoms with Crippen molar-refractivity contribution in [2.75, 3.05) is 21.3 Å². The molecule has 1 heterocycles. The summed E-state index contributed by atoms with van der Waals surface area (Å²) in [6.45, 7) is 0. The lowest BCUT2D eigenvalue weighted by molar-refractivity contribution is 0.316. The van der Waals surface area contributed by atoms with E-state index in [-0.39, 0.29) is 5.02 Å². The molecule has 0 aromatic carbocycles. The van der Waals surface area contributed by atoms with Crippen LogP contribution in [0.1, 0.15) is 0 Å². The topological polar surface area (TPSA) is 40.6 Å². The second kappa shape index (κ2) is 4.18. The van der Waals surface area contributed by atoms with Crippen LogP contribution in [0, 0.1) is 6.20 Å². The Morgan fingerprint density at radius 3 is 2.15 bits per heavy atom. The summed E-state index contributed by atoms with van der Waals surface area (Å²) in [6.07, 6.45) is 2.53. The molecule has 1 rings (SSSR count). The number of nitrogens with zero attached hydrogens (tertiary/aromatic N) is 1. The van der Waals surface area contributed by atoms with E-state index >= 15 is 0 Å². The van der Waals surface area contributed by atoms with Crippen molar-refractivity contribution >= 4 is 11.6 Å². The van der Waals surface area contributed by atoms with Gasteiger partial charge in [-0.25, -0.2) is 4.98 Å². The van der Waals surface area contributed by atoms with Crippen molar-refractivity contribution in [3.05, 3.63) is 11.2 Å². The molecule has 4 nitrogen and oxygen atoms in total. The van der Waals surface area contributed by atoms with E-state index in [1.165, 1.54) is 21.3 Å². The lowest BCUT2D eigenvalue weighted by Crippen LogP contribution is -1.97. The highest BCUT2D eigenvalue weighted by atomic mass is 35.5. The molecule has 1 aromatic rings. The zero-order valence-corrected chi connectivity index (χ0v) is 8.31. The summed E-state index contributed by atoms with van der Waals surface area (Å²) in [7, 11) is 4.45. The number of hydrogen-bond acceptors (Lipinski definition) is 4. The van der Waals surface area contributed by atoms with Crippen molar-refractivity contribution < 1.29 is 14.2 Å². The number of methoxy groups -OCH3 is 3. The molecule has 5 heteroatoms. The quantitative estimate of drug-likeness (QED) is 0.746. The number of hydrogen-bond donors (Lipinski definition) is 0. The van der Waals surface area contributed by atoms with Crippen molar-refractivity contribution in [1.29, 1.82) is 0 Å². The van der Waals surface area contributed by atoms with E-state index in [2.05, 4.69) is 11.2 Å². The van der Waals surface area contributed by atoms with Crippen molar-refractivity contribution in [2.24, 2.45) is 0 Å². The van der Waals surface area contributed by atoms with Gasteiger partial charge in [-0.3, -0.25) is 0 Å². The summed E-state index contributed by atoms with van der Waals surface area (Å²) in [5.74, 6) is 1.04. The zero-order chi connectivity index (χ0) is 9.84. The maximum absolute atomic E-state index is 5.76. The average Bonchev–Trinajstić information content (AvgIpc) is 2.17. The van der Waals surface area contributed by atoms with Gasteiger partial charge in [0.05, 0.1) is 21.3 Å². The molecule has 0 aliphatic carbocycles. The minimum absolute atomic E-state index is 0.264. The minimum Gasteiger partial charge on any atom is -0.491 e. The van der Waals surface area contributed by atoms with E-state index in [1.807, 2.05) is 0 Å². The summed E-state index contributed by atoms with van der Waals surface area (Å²) in [5, 5.41) is 0.264. The van der Waals surface area contributed by atoms with Crippen molar-refractivity contribution in [1.82, 2.24) is 4.98 Å².